The maximum absolute atomic E-state index is 13.8. The first kappa shape index (κ1) is 25.2. The number of nitrogens with one attached hydrogen (secondary N) is 1. The van der Waals surface area contributed by atoms with Crippen LogP contribution in [0.2, 0.25) is 0 Å². The highest BCUT2D eigenvalue weighted by atomic mass is 19.1. The van der Waals surface area contributed by atoms with Gasteiger partial charge in [-0.2, -0.15) is 0 Å². The predicted molar refractivity (Wildman–Crippen MR) is 136 cm³/mol. The molecule has 2 saturated heterocycles. The second-order valence-corrected chi connectivity index (χ2v) is 10.4. The van der Waals surface area contributed by atoms with Crippen molar-refractivity contribution in [2.24, 2.45) is 5.92 Å². The van der Waals surface area contributed by atoms with Crippen LogP contribution in [0.1, 0.15) is 37.7 Å². The lowest BCUT2D eigenvalue weighted by molar-refractivity contribution is -0.123. The van der Waals surface area contributed by atoms with E-state index < -0.39 is 0 Å². The van der Waals surface area contributed by atoms with Gasteiger partial charge in [0.25, 0.3) is 0 Å². The van der Waals surface area contributed by atoms with Crippen LogP contribution in [0.5, 0.6) is 0 Å². The second-order valence-electron chi connectivity index (χ2n) is 10.4. The fraction of sp³-hybridized carbons (Fsp3) is 0.630. The highest BCUT2D eigenvalue weighted by Gasteiger charge is 2.28. The van der Waals surface area contributed by atoms with Crippen molar-refractivity contribution in [3.8, 4) is 0 Å². The lowest BCUT2D eigenvalue weighted by atomic mass is 9.84. The fourth-order valence-corrected chi connectivity index (χ4v) is 5.54. The minimum absolute atomic E-state index is 0.105. The van der Waals surface area contributed by atoms with Gasteiger partial charge < -0.3 is 24.2 Å². The molecule has 1 atom stereocenters. The zero-order valence-corrected chi connectivity index (χ0v) is 21.1. The van der Waals surface area contributed by atoms with E-state index in [-0.39, 0.29) is 23.9 Å². The SMILES string of the molecule is C=C(C(=O)NC1CCC(CCN2CCN(c3noc4cc(F)c(C)cc34)CC2)CC1)C1COCCO1. The number of aromatic nitrogens is 1. The number of rotatable bonds is 7. The van der Waals surface area contributed by atoms with Gasteiger partial charge in [0.05, 0.1) is 25.2 Å². The zero-order valence-electron chi connectivity index (χ0n) is 21.1. The van der Waals surface area contributed by atoms with E-state index in [2.05, 4.69) is 26.9 Å². The standard InChI is InChI=1S/C27H37FN4O4/c1-18-15-22-24(16-23(18)28)36-30-26(22)32-11-9-31(10-12-32)8-7-20-3-5-21(6-4-20)29-27(33)19(2)25-17-34-13-14-35-25/h15-16,20-21,25H,2-14,17H2,1H3,(H,29,33). The molecule has 0 spiro atoms. The van der Waals surface area contributed by atoms with E-state index >= 15 is 0 Å². The first-order valence-electron chi connectivity index (χ1n) is 13.2. The second kappa shape index (κ2) is 11.3. The Kier molecular flexibility index (Phi) is 7.88. The molecule has 1 saturated carbocycles. The number of anilines is 1. The summed E-state index contributed by atoms with van der Waals surface area (Å²) >= 11 is 0. The number of carbonyl (C=O) groups excluding carboxylic acids is 1. The van der Waals surface area contributed by atoms with Crippen LogP contribution in [0.15, 0.2) is 28.8 Å². The normalized spacial score (nSPS) is 25.7. The molecule has 1 aromatic carbocycles. The molecule has 8 nitrogen and oxygen atoms in total. The Bertz CT molecular complexity index is 1070. The molecular formula is C27H37FN4O4. The van der Waals surface area contributed by atoms with Gasteiger partial charge in [0, 0.05) is 43.9 Å². The predicted octanol–water partition coefficient (Wildman–Crippen LogP) is 3.43. The molecule has 5 rings (SSSR count). The number of nitrogens with zero attached hydrogens (tertiary/aromatic N) is 3. The quantitative estimate of drug-likeness (QED) is 0.584. The average molecular weight is 501 g/mol. The number of benzene rings is 1. The van der Waals surface area contributed by atoms with Gasteiger partial charge in [-0.3, -0.25) is 9.69 Å². The minimum atomic E-state index is -0.328. The van der Waals surface area contributed by atoms with Gasteiger partial charge in [0.1, 0.15) is 11.9 Å². The summed E-state index contributed by atoms with van der Waals surface area (Å²) in [6.07, 6.45) is 5.16. The number of fused-ring (bicyclic) bond motifs is 1. The molecule has 196 valence electrons. The van der Waals surface area contributed by atoms with Gasteiger partial charge in [0.15, 0.2) is 11.4 Å². The Morgan fingerprint density at radius 2 is 1.94 bits per heavy atom. The van der Waals surface area contributed by atoms with Crippen molar-refractivity contribution >= 4 is 22.7 Å². The molecule has 0 bridgehead atoms. The van der Waals surface area contributed by atoms with Crippen LogP contribution in [-0.2, 0) is 14.3 Å². The Morgan fingerprint density at radius 1 is 1.17 bits per heavy atom. The van der Waals surface area contributed by atoms with E-state index in [1.165, 1.54) is 12.5 Å². The number of amides is 1. The number of piperazine rings is 1. The van der Waals surface area contributed by atoms with Crippen molar-refractivity contribution in [3.05, 3.63) is 35.7 Å². The number of halogens is 1. The summed E-state index contributed by atoms with van der Waals surface area (Å²) in [4.78, 5) is 17.3. The van der Waals surface area contributed by atoms with E-state index in [1.807, 2.05) is 6.07 Å². The zero-order chi connectivity index (χ0) is 25.1. The monoisotopic (exact) mass is 500 g/mol. The van der Waals surface area contributed by atoms with Crippen LogP contribution in [0.3, 0.4) is 0 Å². The molecule has 1 amide bonds. The third-order valence-electron chi connectivity index (χ3n) is 7.94. The topological polar surface area (TPSA) is 80.1 Å². The van der Waals surface area contributed by atoms with Gasteiger partial charge in [-0.1, -0.05) is 11.7 Å². The lowest BCUT2D eigenvalue weighted by Gasteiger charge is -2.36. The van der Waals surface area contributed by atoms with Crippen LogP contribution >= 0.6 is 0 Å². The molecule has 1 aliphatic carbocycles. The van der Waals surface area contributed by atoms with Crippen molar-refractivity contribution in [3.63, 3.8) is 0 Å². The van der Waals surface area contributed by atoms with Crippen molar-refractivity contribution in [2.45, 2.75) is 51.2 Å². The molecule has 2 aliphatic heterocycles. The molecule has 0 radical (unpaired) electrons. The average Bonchev–Trinajstić information content (AvgIpc) is 3.31. The van der Waals surface area contributed by atoms with Crippen molar-refractivity contribution < 1.29 is 23.2 Å². The van der Waals surface area contributed by atoms with Gasteiger partial charge in [-0.25, -0.2) is 4.39 Å². The molecule has 3 heterocycles. The summed E-state index contributed by atoms with van der Waals surface area (Å²) in [6, 6.07) is 3.47. The van der Waals surface area contributed by atoms with E-state index in [0.29, 0.717) is 42.5 Å². The van der Waals surface area contributed by atoms with Crippen LogP contribution in [0.25, 0.3) is 11.0 Å². The van der Waals surface area contributed by atoms with Gasteiger partial charge in [-0.05, 0) is 63.1 Å². The third-order valence-corrected chi connectivity index (χ3v) is 7.94. The summed E-state index contributed by atoms with van der Waals surface area (Å²) in [7, 11) is 0. The summed E-state index contributed by atoms with van der Waals surface area (Å²) in [5.74, 6) is 1.15. The van der Waals surface area contributed by atoms with Gasteiger partial charge in [-0.15, -0.1) is 0 Å². The lowest BCUT2D eigenvalue weighted by Crippen LogP contribution is -2.47. The van der Waals surface area contributed by atoms with Gasteiger partial charge in [0.2, 0.25) is 5.91 Å². The Balaban J connectivity index is 1.02. The fourth-order valence-electron chi connectivity index (χ4n) is 5.54. The molecule has 1 unspecified atom stereocenters. The highest BCUT2D eigenvalue weighted by molar-refractivity contribution is 5.94. The Morgan fingerprint density at radius 3 is 2.67 bits per heavy atom. The summed E-state index contributed by atoms with van der Waals surface area (Å²) in [5.41, 5.74) is 1.58. The van der Waals surface area contributed by atoms with Gasteiger partial charge >= 0.3 is 0 Å². The van der Waals surface area contributed by atoms with Crippen molar-refractivity contribution in [2.75, 3.05) is 57.4 Å². The van der Waals surface area contributed by atoms with Crippen LogP contribution in [0.4, 0.5) is 10.2 Å². The molecule has 3 aliphatic rings. The number of ether oxygens (including phenoxy) is 2. The van der Waals surface area contributed by atoms with E-state index in [1.54, 1.807) is 6.92 Å². The molecule has 36 heavy (non-hydrogen) atoms. The van der Waals surface area contributed by atoms with Crippen molar-refractivity contribution in [1.82, 2.24) is 15.4 Å². The Labute approximate surface area is 211 Å². The van der Waals surface area contributed by atoms with E-state index in [4.69, 9.17) is 14.0 Å². The number of hydrogen-bond donors (Lipinski definition) is 1. The number of carbonyl (C=O) groups is 1. The van der Waals surface area contributed by atoms with Crippen LogP contribution in [-0.4, -0.2) is 80.7 Å². The summed E-state index contributed by atoms with van der Waals surface area (Å²) < 4.78 is 30.2. The molecule has 9 heteroatoms. The number of aryl methyl sites for hydroxylation is 1. The largest absolute Gasteiger partial charge is 0.376 e. The first-order valence-corrected chi connectivity index (χ1v) is 13.2. The van der Waals surface area contributed by atoms with Crippen LogP contribution in [0, 0.1) is 18.7 Å². The minimum Gasteiger partial charge on any atom is -0.376 e. The Hall–Kier alpha value is -2.49. The molecular weight excluding hydrogens is 463 g/mol. The van der Waals surface area contributed by atoms with Crippen molar-refractivity contribution in [1.29, 1.82) is 0 Å². The highest BCUT2D eigenvalue weighted by Crippen LogP contribution is 2.30. The third kappa shape index (κ3) is 5.74. The van der Waals surface area contributed by atoms with E-state index in [9.17, 15) is 9.18 Å². The number of hydrogen-bond acceptors (Lipinski definition) is 7. The first-order chi connectivity index (χ1) is 17.5. The molecule has 2 aromatic rings. The maximum Gasteiger partial charge on any atom is 0.249 e. The van der Waals surface area contributed by atoms with E-state index in [0.717, 1.165) is 69.6 Å². The van der Waals surface area contributed by atoms with Crippen LogP contribution < -0.4 is 10.2 Å². The smallest absolute Gasteiger partial charge is 0.249 e. The molecule has 1 N–H and O–H groups in total. The summed E-state index contributed by atoms with van der Waals surface area (Å²) in [5, 5.41) is 8.27. The molecule has 3 fully saturated rings. The molecule has 1 aromatic heterocycles. The summed E-state index contributed by atoms with van der Waals surface area (Å²) in [6.45, 7) is 12.0. The maximum atomic E-state index is 13.8.